The molecule has 0 atom stereocenters. The van der Waals surface area contributed by atoms with Crippen molar-refractivity contribution in [1.29, 1.82) is 0 Å². The van der Waals surface area contributed by atoms with Gasteiger partial charge in [0, 0.05) is 36.1 Å². The van der Waals surface area contributed by atoms with Crippen LogP contribution in [0, 0.1) is 0 Å². The van der Waals surface area contributed by atoms with Crippen LogP contribution in [0.25, 0.3) is 16.6 Å². The Morgan fingerprint density at radius 2 is 2.15 bits per heavy atom. The van der Waals surface area contributed by atoms with Gasteiger partial charge in [-0.15, -0.1) is 0 Å². The topological polar surface area (TPSA) is 43.6 Å². The molecule has 0 aliphatic heterocycles. The maximum Gasteiger partial charge on any atom is 0.128 e. The van der Waals surface area contributed by atoms with Crippen LogP contribution in [0.1, 0.15) is 32.0 Å². The first kappa shape index (κ1) is 12.8. The number of nitrogens with zero attached hydrogens (tertiary/aromatic N) is 4. The zero-order valence-electron chi connectivity index (χ0n) is 11.7. The fraction of sp³-hybridized carbons (Fsp3) is 0.312. The van der Waals surface area contributed by atoms with Crippen molar-refractivity contribution >= 4 is 10.9 Å². The van der Waals surface area contributed by atoms with Gasteiger partial charge in [-0.3, -0.25) is 0 Å². The molecular formula is C16H18N4. The van der Waals surface area contributed by atoms with E-state index in [1.54, 1.807) is 12.5 Å². The molecule has 0 spiro atoms. The Labute approximate surface area is 118 Å². The molecule has 1 aromatic carbocycles. The van der Waals surface area contributed by atoms with Crippen molar-refractivity contribution in [2.75, 3.05) is 0 Å². The van der Waals surface area contributed by atoms with E-state index in [9.17, 15) is 0 Å². The van der Waals surface area contributed by atoms with Crippen molar-refractivity contribution in [2.24, 2.45) is 0 Å². The summed E-state index contributed by atoms with van der Waals surface area (Å²) in [6.45, 7) is 2.21. The summed E-state index contributed by atoms with van der Waals surface area (Å²) < 4.78 is 1.98. The zero-order valence-corrected chi connectivity index (χ0v) is 11.7. The van der Waals surface area contributed by atoms with E-state index in [1.165, 1.54) is 12.8 Å². The molecule has 0 aliphatic rings. The lowest BCUT2D eigenvalue weighted by Crippen LogP contribution is -1.96. The summed E-state index contributed by atoms with van der Waals surface area (Å²) in [4.78, 5) is 13.2. The Balaban J connectivity index is 1.87. The lowest BCUT2D eigenvalue weighted by Gasteiger charge is -2.05. The second-order valence-electron chi connectivity index (χ2n) is 4.96. The van der Waals surface area contributed by atoms with E-state index in [0.717, 1.165) is 35.3 Å². The predicted octanol–water partition coefficient (Wildman–Crippen LogP) is 3.55. The van der Waals surface area contributed by atoms with E-state index in [0.29, 0.717) is 0 Å². The smallest absolute Gasteiger partial charge is 0.128 e. The molecule has 0 N–H and O–H groups in total. The number of imidazole rings is 1. The number of rotatable bonds is 5. The van der Waals surface area contributed by atoms with Gasteiger partial charge in [0.15, 0.2) is 0 Å². The summed E-state index contributed by atoms with van der Waals surface area (Å²) >= 11 is 0. The molecule has 4 heteroatoms. The molecule has 0 radical (unpaired) electrons. The van der Waals surface area contributed by atoms with E-state index in [4.69, 9.17) is 0 Å². The van der Waals surface area contributed by atoms with Crippen molar-refractivity contribution in [3.05, 3.63) is 48.9 Å². The Morgan fingerprint density at radius 1 is 1.20 bits per heavy atom. The molecule has 3 aromatic rings. The Bertz CT molecular complexity index is 689. The Morgan fingerprint density at radius 3 is 2.95 bits per heavy atom. The van der Waals surface area contributed by atoms with E-state index in [1.807, 2.05) is 17.0 Å². The van der Waals surface area contributed by atoms with Gasteiger partial charge in [0.25, 0.3) is 0 Å². The maximum absolute atomic E-state index is 4.63. The molecule has 4 nitrogen and oxygen atoms in total. The van der Waals surface area contributed by atoms with Crippen LogP contribution in [0.3, 0.4) is 0 Å². The second kappa shape index (κ2) is 5.82. The maximum atomic E-state index is 4.63. The van der Waals surface area contributed by atoms with Gasteiger partial charge in [-0.2, -0.15) is 0 Å². The lowest BCUT2D eigenvalue weighted by molar-refractivity contribution is 0.696. The first-order valence-electron chi connectivity index (χ1n) is 7.11. The third-order valence-electron chi connectivity index (χ3n) is 3.42. The standard InChI is InChI=1S/C16H18N4/c1-2-3-4-5-16-18-11-13-10-14(6-7-15(13)19-16)20-9-8-17-12-20/h6-12H,2-5H2,1H3. The molecule has 102 valence electrons. The average molecular weight is 266 g/mol. The summed E-state index contributed by atoms with van der Waals surface area (Å²) in [5.41, 5.74) is 2.09. The van der Waals surface area contributed by atoms with Crippen LogP contribution >= 0.6 is 0 Å². The van der Waals surface area contributed by atoms with Crippen LogP contribution in [-0.2, 0) is 6.42 Å². The van der Waals surface area contributed by atoms with Gasteiger partial charge in [0.2, 0.25) is 0 Å². The van der Waals surface area contributed by atoms with Gasteiger partial charge in [-0.05, 0) is 24.6 Å². The van der Waals surface area contributed by atoms with Crippen molar-refractivity contribution in [2.45, 2.75) is 32.6 Å². The minimum Gasteiger partial charge on any atom is -0.306 e. The number of hydrogen-bond donors (Lipinski definition) is 0. The zero-order chi connectivity index (χ0) is 13.8. The van der Waals surface area contributed by atoms with Gasteiger partial charge in [0.1, 0.15) is 5.82 Å². The highest BCUT2D eigenvalue weighted by Crippen LogP contribution is 2.17. The number of unbranched alkanes of at least 4 members (excludes halogenated alkanes) is 2. The SMILES string of the molecule is CCCCCc1ncc2cc(-n3ccnc3)ccc2n1. The van der Waals surface area contributed by atoms with E-state index < -0.39 is 0 Å². The van der Waals surface area contributed by atoms with Crippen LogP contribution < -0.4 is 0 Å². The third kappa shape index (κ3) is 2.69. The minimum atomic E-state index is 0.946. The average Bonchev–Trinajstić information content (AvgIpc) is 3.01. The van der Waals surface area contributed by atoms with Crippen molar-refractivity contribution < 1.29 is 0 Å². The molecule has 0 unspecified atom stereocenters. The molecular weight excluding hydrogens is 248 g/mol. The normalized spacial score (nSPS) is 11.1. The molecule has 2 heterocycles. The van der Waals surface area contributed by atoms with Gasteiger partial charge >= 0.3 is 0 Å². The second-order valence-corrected chi connectivity index (χ2v) is 4.96. The van der Waals surface area contributed by atoms with Gasteiger partial charge in [-0.25, -0.2) is 15.0 Å². The molecule has 0 aliphatic carbocycles. The van der Waals surface area contributed by atoms with Gasteiger partial charge < -0.3 is 4.57 Å². The number of aromatic nitrogens is 4. The number of fused-ring (bicyclic) bond motifs is 1. The van der Waals surface area contributed by atoms with Crippen LogP contribution in [0.2, 0.25) is 0 Å². The first-order valence-corrected chi connectivity index (χ1v) is 7.11. The lowest BCUT2D eigenvalue weighted by atomic mass is 10.2. The molecule has 0 bridgehead atoms. The van der Waals surface area contributed by atoms with Crippen molar-refractivity contribution in [3.8, 4) is 5.69 Å². The minimum absolute atomic E-state index is 0.946. The first-order chi connectivity index (χ1) is 9.86. The van der Waals surface area contributed by atoms with E-state index in [-0.39, 0.29) is 0 Å². The van der Waals surface area contributed by atoms with Crippen LogP contribution in [0.15, 0.2) is 43.1 Å². The number of aryl methyl sites for hydroxylation is 1. The van der Waals surface area contributed by atoms with Crippen molar-refractivity contribution in [1.82, 2.24) is 19.5 Å². The summed E-state index contributed by atoms with van der Waals surface area (Å²) in [6.07, 6.45) is 12.0. The van der Waals surface area contributed by atoms with Gasteiger partial charge in [-0.1, -0.05) is 19.8 Å². The van der Waals surface area contributed by atoms with E-state index >= 15 is 0 Å². The Hall–Kier alpha value is -2.23. The van der Waals surface area contributed by atoms with Crippen LogP contribution in [0.5, 0.6) is 0 Å². The van der Waals surface area contributed by atoms with Crippen molar-refractivity contribution in [3.63, 3.8) is 0 Å². The summed E-state index contributed by atoms with van der Waals surface area (Å²) in [6, 6.07) is 6.20. The Kier molecular flexibility index (Phi) is 3.72. The highest BCUT2D eigenvalue weighted by atomic mass is 15.0. The highest BCUT2D eigenvalue weighted by Gasteiger charge is 2.02. The van der Waals surface area contributed by atoms with E-state index in [2.05, 4.69) is 40.1 Å². The van der Waals surface area contributed by atoms with Gasteiger partial charge in [0.05, 0.1) is 11.8 Å². The molecule has 0 fully saturated rings. The number of hydrogen-bond acceptors (Lipinski definition) is 3. The molecule has 0 saturated carbocycles. The quantitative estimate of drug-likeness (QED) is 0.663. The largest absolute Gasteiger partial charge is 0.306 e. The van der Waals surface area contributed by atoms with Crippen LogP contribution in [0.4, 0.5) is 0 Å². The fourth-order valence-corrected chi connectivity index (χ4v) is 2.29. The van der Waals surface area contributed by atoms with Crippen LogP contribution in [-0.4, -0.2) is 19.5 Å². The highest BCUT2D eigenvalue weighted by molar-refractivity contribution is 5.79. The molecule has 20 heavy (non-hydrogen) atoms. The molecule has 3 rings (SSSR count). The fourth-order valence-electron chi connectivity index (χ4n) is 2.29. The molecule has 0 saturated heterocycles. The summed E-state index contributed by atoms with van der Waals surface area (Å²) in [7, 11) is 0. The monoisotopic (exact) mass is 266 g/mol. The third-order valence-corrected chi connectivity index (χ3v) is 3.42. The molecule has 0 amide bonds. The molecule has 2 aromatic heterocycles. The summed E-state index contributed by atoms with van der Waals surface area (Å²) in [5, 5.41) is 1.07. The summed E-state index contributed by atoms with van der Waals surface area (Å²) in [5.74, 6) is 0.946. The predicted molar refractivity (Wildman–Crippen MR) is 79.9 cm³/mol. The number of benzene rings is 1.